The lowest BCUT2D eigenvalue weighted by atomic mass is 10.1. The van der Waals surface area contributed by atoms with Crippen LogP contribution in [0.5, 0.6) is 5.88 Å². The third-order valence-corrected chi connectivity index (χ3v) is 6.61. The lowest BCUT2D eigenvalue weighted by molar-refractivity contribution is 0.0686. The fourth-order valence-corrected chi connectivity index (χ4v) is 4.19. The molecule has 0 bridgehead atoms. The number of ether oxygens (including phenoxy) is 2. The Morgan fingerprint density at radius 1 is 1.32 bits per heavy atom. The van der Waals surface area contributed by atoms with E-state index in [9.17, 15) is 8.94 Å². The standard InChI is InChI=1S/C19H25FN4O3S/c1-11(23-28(25)19(2,3)4)14-7-12(20)8-15-16(14)22-17-18(21-15)27-10-13-9-26-6-5-24(13)17/h7-8,11,13,23H,5-6,9-10H2,1-4H3/t11-,13+,28?/m1/s1. The highest BCUT2D eigenvalue weighted by Crippen LogP contribution is 2.35. The van der Waals surface area contributed by atoms with Crippen molar-refractivity contribution in [2.75, 3.05) is 31.3 Å². The van der Waals surface area contributed by atoms with Gasteiger partial charge in [-0.1, -0.05) is 0 Å². The van der Waals surface area contributed by atoms with E-state index in [1.54, 1.807) is 0 Å². The molecule has 1 N–H and O–H groups in total. The molecule has 1 unspecified atom stereocenters. The summed E-state index contributed by atoms with van der Waals surface area (Å²) in [5.41, 5.74) is 1.63. The van der Waals surface area contributed by atoms with Crippen LogP contribution >= 0.6 is 0 Å². The molecular weight excluding hydrogens is 383 g/mol. The van der Waals surface area contributed by atoms with Crippen molar-refractivity contribution in [1.29, 1.82) is 0 Å². The van der Waals surface area contributed by atoms with Crippen LogP contribution in [0.1, 0.15) is 39.3 Å². The maximum Gasteiger partial charge on any atom is 0.258 e. The van der Waals surface area contributed by atoms with Gasteiger partial charge in [-0.05, 0) is 33.8 Å². The molecule has 1 aromatic heterocycles. The second-order valence-electron chi connectivity index (χ2n) is 8.17. The molecule has 9 heteroatoms. The molecule has 7 nitrogen and oxygen atoms in total. The normalized spacial score (nSPS) is 21.6. The van der Waals surface area contributed by atoms with Crippen molar-refractivity contribution >= 4 is 28.2 Å². The van der Waals surface area contributed by atoms with Gasteiger partial charge in [0.1, 0.15) is 17.2 Å². The average molecular weight is 408 g/mol. The first kappa shape index (κ1) is 19.6. The van der Waals surface area contributed by atoms with Crippen LogP contribution in [0.3, 0.4) is 0 Å². The van der Waals surface area contributed by atoms with E-state index >= 15 is 0 Å². The Morgan fingerprint density at radius 2 is 2.11 bits per heavy atom. The molecule has 0 amide bonds. The van der Waals surface area contributed by atoms with Gasteiger partial charge < -0.3 is 18.9 Å². The van der Waals surface area contributed by atoms with Crippen LogP contribution in [0.15, 0.2) is 12.1 Å². The van der Waals surface area contributed by atoms with Crippen LogP contribution in [-0.2, 0) is 16.1 Å². The number of anilines is 1. The largest absolute Gasteiger partial charge is 0.598 e. The van der Waals surface area contributed by atoms with Crippen molar-refractivity contribution in [3.63, 3.8) is 0 Å². The van der Waals surface area contributed by atoms with Crippen LogP contribution in [-0.4, -0.2) is 51.7 Å². The van der Waals surface area contributed by atoms with Gasteiger partial charge >= 0.3 is 0 Å². The molecule has 152 valence electrons. The molecule has 2 aliphatic heterocycles. The number of morpholine rings is 1. The Balaban J connectivity index is 1.77. The number of benzene rings is 1. The Kier molecular flexibility index (Phi) is 5.11. The maximum absolute atomic E-state index is 14.3. The predicted molar refractivity (Wildman–Crippen MR) is 106 cm³/mol. The van der Waals surface area contributed by atoms with E-state index in [4.69, 9.17) is 14.5 Å². The number of fused-ring (bicyclic) bond motifs is 4. The number of hydrogen-bond acceptors (Lipinski definition) is 7. The molecule has 1 saturated heterocycles. The molecule has 3 atom stereocenters. The van der Waals surface area contributed by atoms with Gasteiger partial charge in [-0.2, -0.15) is 0 Å². The second-order valence-corrected chi connectivity index (χ2v) is 10.2. The molecule has 1 fully saturated rings. The average Bonchev–Trinajstić information content (AvgIpc) is 2.65. The fourth-order valence-electron chi connectivity index (χ4n) is 3.39. The summed E-state index contributed by atoms with van der Waals surface area (Å²) in [5, 5.41) is 0. The van der Waals surface area contributed by atoms with E-state index in [0.29, 0.717) is 54.7 Å². The highest BCUT2D eigenvalue weighted by molar-refractivity contribution is 7.90. The van der Waals surface area contributed by atoms with E-state index in [0.717, 1.165) is 0 Å². The van der Waals surface area contributed by atoms with Gasteiger partial charge in [0.2, 0.25) is 0 Å². The number of halogens is 1. The van der Waals surface area contributed by atoms with Gasteiger partial charge in [-0.15, -0.1) is 4.72 Å². The molecule has 0 spiro atoms. The zero-order valence-corrected chi connectivity index (χ0v) is 17.3. The monoisotopic (exact) mass is 408 g/mol. The van der Waals surface area contributed by atoms with E-state index in [1.165, 1.54) is 12.1 Å². The van der Waals surface area contributed by atoms with Gasteiger partial charge in [0.05, 0.1) is 36.3 Å². The molecule has 1 aromatic carbocycles. The lowest BCUT2D eigenvalue weighted by Gasteiger charge is -2.39. The minimum Gasteiger partial charge on any atom is -0.598 e. The Hall–Kier alpha value is -1.68. The summed E-state index contributed by atoms with van der Waals surface area (Å²) < 4.78 is 40.7. The molecule has 0 saturated carbocycles. The fraction of sp³-hybridized carbons (Fsp3) is 0.579. The number of nitrogens with one attached hydrogen (secondary N) is 1. The number of nitrogens with zero attached hydrogens (tertiary/aromatic N) is 3. The molecule has 28 heavy (non-hydrogen) atoms. The maximum atomic E-state index is 14.3. The van der Waals surface area contributed by atoms with Crippen LogP contribution in [0.4, 0.5) is 10.2 Å². The highest BCUT2D eigenvalue weighted by atomic mass is 32.2. The Morgan fingerprint density at radius 3 is 2.86 bits per heavy atom. The van der Waals surface area contributed by atoms with Crippen molar-refractivity contribution in [1.82, 2.24) is 14.7 Å². The van der Waals surface area contributed by atoms with Crippen LogP contribution in [0.25, 0.3) is 11.0 Å². The van der Waals surface area contributed by atoms with Crippen molar-refractivity contribution in [2.24, 2.45) is 0 Å². The van der Waals surface area contributed by atoms with E-state index < -0.39 is 21.9 Å². The molecule has 2 aliphatic rings. The van der Waals surface area contributed by atoms with Crippen molar-refractivity contribution in [2.45, 2.75) is 44.5 Å². The number of hydrogen-bond donors (Lipinski definition) is 1. The number of aromatic nitrogens is 2. The van der Waals surface area contributed by atoms with E-state index in [-0.39, 0.29) is 12.1 Å². The molecular formula is C19H25FN4O3S. The minimum atomic E-state index is -1.30. The summed E-state index contributed by atoms with van der Waals surface area (Å²) in [6.07, 6.45) is 0. The first-order chi connectivity index (χ1) is 13.2. The van der Waals surface area contributed by atoms with Crippen LogP contribution < -0.4 is 14.4 Å². The van der Waals surface area contributed by atoms with E-state index in [1.807, 2.05) is 27.7 Å². The lowest BCUT2D eigenvalue weighted by Crippen LogP contribution is -2.51. The minimum absolute atomic E-state index is 0.0980. The molecule has 0 radical (unpaired) electrons. The zero-order chi connectivity index (χ0) is 20.1. The Bertz CT molecular complexity index is 892. The summed E-state index contributed by atoms with van der Waals surface area (Å²) in [5.74, 6) is 0.664. The predicted octanol–water partition coefficient (Wildman–Crippen LogP) is 2.48. The summed E-state index contributed by atoms with van der Waals surface area (Å²) in [7, 11) is 0. The van der Waals surface area contributed by atoms with Crippen molar-refractivity contribution in [3.05, 3.63) is 23.5 Å². The third-order valence-electron chi connectivity index (χ3n) is 4.93. The van der Waals surface area contributed by atoms with Crippen molar-refractivity contribution < 1.29 is 18.4 Å². The SMILES string of the molecule is C[C@@H](N[S+]([O-])C(C)(C)C)c1cc(F)cc2nc3c(nc12)N1CCOC[C@H]1CO3. The first-order valence-electron chi connectivity index (χ1n) is 9.40. The highest BCUT2D eigenvalue weighted by Gasteiger charge is 2.34. The van der Waals surface area contributed by atoms with Gasteiger partial charge in [0.15, 0.2) is 5.82 Å². The third kappa shape index (κ3) is 3.63. The van der Waals surface area contributed by atoms with Crippen LogP contribution in [0.2, 0.25) is 0 Å². The second kappa shape index (κ2) is 7.29. The molecule has 3 heterocycles. The van der Waals surface area contributed by atoms with Gasteiger partial charge in [0, 0.05) is 29.5 Å². The van der Waals surface area contributed by atoms with Gasteiger partial charge in [-0.25, -0.2) is 14.4 Å². The topological polar surface area (TPSA) is 82.6 Å². The molecule has 2 aromatic rings. The zero-order valence-electron chi connectivity index (χ0n) is 16.5. The van der Waals surface area contributed by atoms with Crippen LogP contribution in [0, 0.1) is 5.82 Å². The summed E-state index contributed by atoms with van der Waals surface area (Å²) >= 11 is -1.30. The van der Waals surface area contributed by atoms with Gasteiger partial charge in [0.25, 0.3) is 5.88 Å². The molecule has 4 rings (SSSR count). The first-order valence-corrected chi connectivity index (χ1v) is 10.6. The molecule has 0 aliphatic carbocycles. The Labute approximate surface area is 166 Å². The van der Waals surface area contributed by atoms with E-state index in [2.05, 4.69) is 14.6 Å². The smallest absolute Gasteiger partial charge is 0.258 e. The van der Waals surface area contributed by atoms with Gasteiger partial charge in [-0.3, -0.25) is 0 Å². The summed E-state index contributed by atoms with van der Waals surface area (Å²) in [6.45, 7) is 9.90. The van der Waals surface area contributed by atoms with Crippen molar-refractivity contribution in [3.8, 4) is 5.88 Å². The number of rotatable bonds is 3. The summed E-state index contributed by atoms with van der Waals surface area (Å²) in [4.78, 5) is 11.5. The quantitative estimate of drug-likeness (QED) is 0.781. The summed E-state index contributed by atoms with van der Waals surface area (Å²) in [6, 6.07) is 2.52.